The van der Waals surface area contributed by atoms with Gasteiger partial charge in [0.1, 0.15) is 17.7 Å². The van der Waals surface area contributed by atoms with Crippen LogP contribution >= 0.6 is 0 Å². The number of amides is 1. The molecule has 0 spiro atoms. The topological polar surface area (TPSA) is 55.4 Å². The summed E-state index contributed by atoms with van der Waals surface area (Å²) in [5.74, 6) is -1.31. The number of carbonyl (C=O) groups is 2. The minimum Gasteiger partial charge on any atom is -0.458 e. The fourth-order valence-electron chi connectivity index (χ4n) is 3.93. The summed E-state index contributed by atoms with van der Waals surface area (Å²) in [7, 11) is 0. The van der Waals surface area contributed by atoms with Crippen LogP contribution in [-0.2, 0) is 4.74 Å². The predicted molar refractivity (Wildman–Crippen MR) is 117 cm³/mol. The maximum absolute atomic E-state index is 13.2. The van der Waals surface area contributed by atoms with Crippen molar-refractivity contribution in [1.82, 2.24) is 5.32 Å². The van der Waals surface area contributed by atoms with E-state index >= 15 is 0 Å². The van der Waals surface area contributed by atoms with Crippen molar-refractivity contribution in [3.8, 4) is 0 Å². The number of hydrogen-bond donors (Lipinski definition) is 1. The van der Waals surface area contributed by atoms with Crippen LogP contribution in [0, 0.1) is 28.9 Å². The molecule has 0 aliphatic rings. The number of nitrogens with one attached hydrogen (secondary N) is 1. The fraction of sp³-hybridized carbons (Fsp3) is 0.440. The lowest BCUT2D eigenvalue weighted by atomic mass is 9.68. The van der Waals surface area contributed by atoms with Gasteiger partial charge in [0.25, 0.3) is 5.91 Å². The summed E-state index contributed by atoms with van der Waals surface area (Å²) in [6.07, 6.45) is 0.202. The maximum atomic E-state index is 13.2. The van der Waals surface area contributed by atoms with Crippen LogP contribution in [0.2, 0.25) is 0 Å². The monoisotopic (exact) mass is 431 g/mol. The first kappa shape index (κ1) is 24.5. The Hall–Kier alpha value is -2.76. The zero-order chi connectivity index (χ0) is 23.2. The summed E-state index contributed by atoms with van der Waals surface area (Å²) in [5, 5.41) is 2.95. The van der Waals surface area contributed by atoms with Crippen LogP contribution in [0.4, 0.5) is 8.78 Å². The Morgan fingerprint density at radius 1 is 0.871 bits per heavy atom. The third-order valence-electron chi connectivity index (χ3n) is 5.80. The lowest BCUT2D eigenvalue weighted by molar-refractivity contribution is -0.0392. The van der Waals surface area contributed by atoms with Crippen LogP contribution in [0.25, 0.3) is 0 Å². The van der Waals surface area contributed by atoms with E-state index in [1.54, 1.807) is 0 Å². The molecule has 0 aromatic heterocycles. The summed E-state index contributed by atoms with van der Waals surface area (Å²) in [4.78, 5) is 25.3. The smallest absolute Gasteiger partial charge is 0.338 e. The summed E-state index contributed by atoms with van der Waals surface area (Å²) in [6, 6.07) is 10.6. The van der Waals surface area contributed by atoms with Crippen LogP contribution in [0.5, 0.6) is 0 Å². The highest BCUT2D eigenvalue weighted by Crippen LogP contribution is 2.39. The van der Waals surface area contributed by atoms with Gasteiger partial charge in [-0.25, -0.2) is 13.6 Å². The molecule has 0 aliphatic heterocycles. The Kier molecular flexibility index (Phi) is 8.31. The molecule has 2 rings (SSSR count). The summed E-state index contributed by atoms with van der Waals surface area (Å²) in [6.45, 7) is 10.3. The largest absolute Gasteiger partial charge is 0.458 e. The van der Waals surface area contributed by atoms with Crippen LogP contribution in [0.15, 0.2) is 48.5 Å². The lowest BCUT2D eigenvalue weighted by Gasteiger charge is -2.43. The van der Waals surface area contributed by atoms with Crippen LogP contribution in [0.3, 0.4) is 0 Å². The van der Waals surface area contributed by atoms with Crippen molar-refractivity contribution in [2.75, 3.05) is 6.54 Å². The van der Waals surface area contributed by atoms with Crippen LogP contribution in [0.1, 0.15) is 61.8 Å². The number of carbonyl (C=O) groups excluding carboxylic acids is 2. The quantitative estimate of drug-likeness (QED) is 0.524. The van der Waals surface area contributed by atoms with E-state index in [1.165, 1.54) is 48.5 Å². The van der Waals surface area contributed by atoms with Crippen molar-refractivity contribution in [2.24, 2.45) is 17.3 Å². The van der Waals surface area contributed by atoms with Gasteiger partial charge in [0, 0.05) is 17.5 Å². The molecule has 2 aromatic carbocycles. The van der Waals surface area contributed by atoms with E-state index in [-0.39, 0.29) is 29.9 Å². The zero-order valence-electron chi connectivity index (χ0n) is 18.7. The molecule has 31 heavy (non-hydrogen) atoms. The molecule has 4 nitrogen and oxygen atoms in total. The van der Waals surface area contributed by atoms with Gasteiger partial charge in [-0.2, -0.15) is 0 Å². The average molecular weight is 432 g/mol. The molecule has 6 heteroatoms. The van der Waals surface area contributed by atoms with Gasteiger partial charge in [-0.15, -0.1) is 0 Å². The molecule has 168 valence electrons. The van der Waals surface area contributed by atoms with Gasteiger partial charge in [-0.3, -0.25) is 4.79 Å². The van der Waals surface area contributed by atoms with Crippen molar-refractivity contribution < 1.29 is 23.1 Å². The summed E-state index contributed by atoms with van der Waals surface area (Å²) in [5.41, 5.74) is 0.102. The molecular weight excluding hydrogens is 400 g/mol. The molecular formula is C25H31F2NO3. The standard InChI is InChI=1S/C25H31F2NO3/c1-16(2)14-25(17(3)4,15-28-23(29)19-6-10-21(26)11-7-19)18(5)31-24(30)20-8-12-22(27)13-9-20/h6-13,16-18H,14-15H2,1-5H3,(H,28,29). The first-order chi connectivity index (χ1) is 14.5. The number of rotatable bonds is 9. The summed E-state index contributed by atoms with van der Waals surface area (Å²) < 4.78 is 32.1. The van der Waals surface area contributed by atoms with E-state index in [1.807, 2.05) is 20.8 Å². The minimum atomic E-state index is -0.536. The Labute approximate surface area is 183 Å². The second-order valence-corrected chi connectivity index (χ2v) is 8.73. The Morgan fingerprint density at radius 3 is 1.81 bits per heavy atom. The van der Waals surface area contributed by atoms with Crippen molar-refractivity contribution in [3.63, 3.8) is 0 Å². The third kappa shape index (κ3) is 6.36. The molecule has 2 atom stereocenters. The second kappa shape index (κ2) is 10.5. The second-order valence-electron chi connectivity index (χ2n) is 8.73. The molecule has 0 saturated heterocycles. The number of esters is 1. The van der Waals surface area contributed by atoms with Crippen LogP contribution in [-0.4, -0.2) is 24.5 Å². The third-order valence-corrected chi connectivity index (χ3v) is 5.80. The number of halogens is 2. The van der Waals surface area contributed by atoms with Crippen molar-refractivity contribution in [1.29, 1.82) is 0 Å². The molecule has 0 bridgehead atoms. The molecule has 0 fully saturated rings. The van der Waals surface area contributed by atoms with Gasteiger partial charge in [0.15, 0.2) is 0 Å². The highest BCUT2D eigenvalue weighted by atomic mass is 19.1. The average Bonchev–Trinajstić information content (AvgIpc) is 2.71. The molecule has 0 radical (unpaired) electrons. The van der Waals surface area contributed by atoms with Gasteiger partial charge < -0.3 is 10.1 Å². The Balaban J connectivity index is 2.22. The lowest BCUT2D eigenvalue weighted by Crippen LogP contribution is -2.50. The van der Waals surface area contributed by atoms with Crippen molar-refractivity contribution in [3.05, 3.63) is 71.3 Å². The maximum Gasteiger partial charge on any atom is 0.338 e. The molecule has 2 unspecified atom stereocenters. The van der Waals surface area contributed by atoms with Crippen LogP contribution < -0.4 is 5.32 Å². The van der Waals surface area contributed by atoms with E-state index in [0.29, 0.717) is 12.0 Å². The van der Waals surface area contributed by atoms with E-state index < -0.39 is 29.1 Å². The van der Waals surface area contributed by atoms with Crippen molar-refractivity contribution >= 4 is 11.9 Å². The molecule has 1 N–H and O–H groups in total. The van der Waals surface area contributed by atoms with E-state index in [4.69, 9.17) is 4.74 Å². The minimum absolute atomic E-state index is 0.0828. The molecule has 0 heterocycles. The first-order valence-electron chi connectivity index (χ1n) is 10.6. The molecule has 2 aromatic rings. The fourth-order valence-corrected chi connectivity index (χ4v) is 3.93. The highest BCUT2D eigenvalue weighted by Gasteiger charge is 2.42. The normalized spacial score (nSPS) is 14.2. The predicted octanol–water partition coefficient (Wildman–Crippen LogP) is 5.63. The summed E-state index contributed by atoms with van der Waals surface area (Å²) >= 11 is 0. The van der Waals surface area contributed by atoms with Gasteiger partial charge >= 0.3 is 5.97 Å². The van der Waals surface area contributed by atoms with Crippen molar-refractivity contribution in [2.45, 2.75) is 47.1 Å². The SMILES string of the molecule is CC(C)CC(CNC(=O)c1ccc(F)cc1)(C(C)C)C(C)OC(=O)c1ccc(F)cc1. The molecule has 0 saturated carbocycles. The van der Waals surface area contributed by atoms with Gasteiger partial charge in [0.05, 0.1) is 5.56 Å². The first-order valence-corrected chi connectivity index (χ1v) is 10.6. The molecule has 0 aliphatic carbocycles. The Bertz CT molecular complexity index is 879. The zero-order valence-corrected chi connectivity index (χ0v) is 18.7. The number of hydrogen-bond acceptors (Lipinski definition) is 3. The highest BCUT2D eigenvalue weighted by molar-refractivity contribution is 5.94. The molecule has 1 amide bonds. The van der Waals surface area contributed by atoms with Gasteiger partial charge in [0.2, 0.25) is 0 Å². The van der Waals surface area contributed by atoms with Gasteiger partial charge in [-0.1, -0.05) is 27.7 Å². The van der Waals surface area contributed by atoms with Gasteiger partial charge in [-0.05, 0) is 73.7 Å². The Morgan fingerprint density at radius 2 is 1.35 bits per heavy atom. The van der Waals surface area contributed by atoms with E-state index in [2.05, 4.69) is 19.2 Å². The number of benzene rings is 2. The van der Waals surface area contributed by atoms with E-state index in [9.17, 15) is 18.4 Å². The number of ether oxygens (including phenoxy) is 1. The van der Waals surface area contributed by atoms with E-state index in [0.717, 1.165) is 0 Å².